The fourth-order valence-corrected chi connectivity index (χ4v) is 2.22. The summed E-state index contributed by atoms with van der Waals surface area (Å²) >= 11 is 3.43. The molecule has 0 aliphatic rings. The average Bonchev–Trinajstić information content (AvgIpc) is 2.35. The maximum absolute atomic E-state index is 11.6. The minimum Gasteiger partial charge on any atom is -0.481 e. The van der Waals surface area contributed by atoms with Crippen molar-refractivity contribution in [2.24, 2.45) is 0 Å². The molecule has 1 unspecified atom stereocenters. The zero-order valence-electron chi connectivity index (χ0n) is 10.6. The van der Waals surface area contributed by atoms with E-state index in [0.29, 0.717) is 13.0 Å². The van der Waals surface area contributed by atoms with E-state index in [9.17, 15) is 9.59 Å². The van der Waals surface area contributed by atoms with E-state index in [1.807, 2.05) is 31.2 Å². The Balaban J connectivity index is 2.36. The average molecular weight is 329 g/mol. The van der Waals surface area contributed by atoms with Crippen molar-refractivity contribution in [3.63, 3.8) is 0 Å². The molecule has 1 rings (SSSR count). The van der Waals surface area contributed by atoms with Crippen molar-refractivity contribution >= 4 is 27.9 Å². The van der Waals surface area contributed by atoms with Crippen LogP contribution in [-0.4, -0.2) is 23.7 Å². The van der Waals surface area contributed by atoms with Crippen LogP contribution in [0.25, 0.3) is 0 Å². The number of carbonyl (C=O) groups is 2. The summed E-state index contributed by atoms with van der Waals surface area (Å²) in [4.78, 5) is 21.9. The van der Waals surface area contributed by atoms with Gasteiger partial charge in [-0.2, -0.15) is 0 Å². The molecule has 104 valence electrons. The topological polar surface area (TPSA) is 78.4 Å². The first-order valence-corrected chi connectivity index (χ1v) is 6.80. The molecule has 2 amide bonds. The normalized spacial score (nSPS) is 11.7. The molecule has 0 aliphatic heterocycles. The first kappa shape index (κ1) is 15.5. The fourth-order valence-electron chi connectivity index (χ4n) is 1.59. The zero-order valence-corrected chi connectivity index (χ0v) is 12.2. The van der Waals surface area contributed by atoms with E-state index < -0.39 is 5.97 Å². The molecule has 0 saturated carbocycles. The SMILES string of the molecule is CC(NC(=O)NCCCC(=O)O)c1ccccc1Br. The number of hydrogen-bond donors (Lipinski definition) is 3. The Hall–Kier alpha value is -1.56. The van der Waals surface area contributed by atoms with E-state index in [-0.39, 0.29) is 18.5 Å². The largest absolute Gasteiger partial charge is 0.481 e. The van der Waals surface area contributed by atoms with Crippen molar-refractivity contribution in [1.29, 1.82) is 0 Å². The van der Waals surface area contributed by atoms with Crippen LogP contribution >= 0.6 is 15.9 Å². The van der Waals surface area contributed by atoms with Crippen LogP contribution in [0.3, 0.4) is 0 Å². The van der Waals surface area contributed by atoms with Gasteiger partial charge in [-0.15, -0.1) is 0 Å². The van der Waals surface area contributed by atoms with Gasteiger partial charge in [0.2, 0.25) is 0 Å². The lowest BCUT2D eigenvalue weighted by Crippen LogP contribution is -2.37. The minimum atomic E-state index is -0.858. The van der Waals surface area contributed by atoms with Gasteiger partial charge in [-0.05, 0) is 25.0 Å². The summed E-state index contributed by atoms with van der Waals surface area (Å²) in [6, 6.07) is 7.23. The van der Waals surface area contributed by atoms with Crippen LogP contribution in [0.2, 0.25) is 0 Å². The van der Waals surface area contributed by atoms with E-state index in [0.717, 1.165) is 10.0 Å². The number of carboxylic acids is 1. The highest BCUT2D eigenvalue weighted by molar-refractivity contribution is 9.10. The maximum Gasteiger partial charge on any atom is 0.315 e. The Labute approximate surface area is 120 Å². The van der Waals surface area contributed by atoms with Gasteiger partial charge in [-0.25, -0.2) is 4.79 Å². The Bertz CT molecular complexity index is 451. The first-order valence-electron chi connectivity index (χ1n) is 6.01. The smallest absolute Gasteiger partial charge is 0.315 e. The Morgan fingerprint density at radius 3 is 2.68 bits per heavy atom. The van der Waals surface area contributed by atoms with Gasteiger partial charge < -0.3 is 15.7 Å². The van der Waals surface area contributed by atoms with E-state index in [1.54, 1.807) is 0 Å². The highest BCUT2D eigenvalue weighted by atomic mass is 79.9. The third-order valence-corrected chi connectivity index (χ3v) is 3.29. The van der Waals surface area contributed by atoms with Crippen molar-refractivity contribution < 1.29 is 14.7 Å². The van der Waals surface area contributed by atoms with Crippen molar-refractivity contribution in [3.8, 4) is 0 Å². The van der Waals surface area contributed by atoms with Crippen molar-refractivity contribution in [2.45, 2.75) is 25.8 Å². The molecule has 0 saturated heterocycles. The molecule has 0 bridgehead atoms. The summed E-state index contributed by atoms with van der Waals surface area (Å²) in [5.41, 5.74) is 0.989. The molecule has 6 heteroatoms. The summed E-state index contributed by atoms with van der Waals surface area (Å²) in [6.45, 7) is 2.23. The van der Waals surface area contributed by atoms with Gasteiger partial charge >= 0.3 is 12.0 Å². The van der Waals surface area contributed by atoms with Gasteiger partial charge in [0.25, 0.3) is 0 Å². The van der Waals surface area contributed by atoms with Crippen LogP contribution in [0, 0.1) is 0 Å². The quantitative estimate of drug-likeness (QED) is 0.702. The summed E-state index contributed by atoms with van der Waals surface area (Å²) in [5.74, 6) is -0.858. The number of carbonyl (C=O) groups excluding carboxylic acids is 1. The predicted octanol–water partition coefficient (Wildman–Crippen LogP) is 2.67. The van der Waals surface area contributed by atoms with Gasteiger partial charge in [-0.3, -0.25) is 4.79 Å². The van der Waals surface area contributed by atoms with E-state index in [2.05, 4.69) is 26.6 Å². The third-order valence-electron chi connectivity index (χ3n) is 2.57. The molecule has 1 atom stereocenters. The summed E-state index contributed by atoms with van der Waals surface area (Å²) < 4.78 is 0.939. The monoisotopic (exact) mass is 328 g/mol. The van der Waals surface area contributed by atoms with Crippen molar-refractivity contribution in [2.75, 3.05) is 6.54 Å². The number of halogens is 1. The van der Waals surface area contributed by atoms with Gasteiger partial charge in [0, 0.05) is 17.4 Å². The van der Waals surface area contributed by atoms with Crippen LogP contribution in [0.5, 0.6) is 0 Å². The number of rotatable bonds is 6. The predicted molar refractivity (Wildman–Crippen MR) is 76.0 cm³/mol. The highest BCUT2D eigenvalue weighted by Crippen LogP contribution is 2.22. The molecule has 0 spiro atoms. The Morgan fingerprint density at radius 1 is 1.37 bits per heavy atom. The third kappa shape index (κ3) is 5.74. The highest BCUT2D eigenvalue weighted by Gasteiger charge is 2.11. The van der Waals surface area contributed by atoms with Gasteiger partial charge in [-0.1, -0.05) is 34.1 Å². The molecule has 0 aromatic heterocycles. The molecule has 0 fully saturated rings. The number of benzene rings is 1. The fraction of sp³-hybridized carbons (Fsp3) is 0.385. The molecule has 3 N–H and O–H groups in total. The number of aliphatic carboxylic acids is 1. The molecule has 5 nitrogen and oxygen atoms in total. The minimum absolute atomic E-state index is 0.0556. The van der Waals surface area contributed by atoms with Crippen LogP contribution in [-0.2, 0) is 4.79 Å². The van der Waals surface area contributed by atoms with Gasteiger partial charge in [0.15, 0.2) is 0 Å². The summed E-state index contributed by atoms with van der Waals surface area (Å²) in [6.07, 6.45) is 0.478. The number of carboxylic acid groups (broad SMARTS) is 1. The lowest BCUT2D eigenvalue weighted by Gasteiger charge is -2.16. The molecule has 0 heterocycles. The van der Waals surface area contributed by atoms with Crippen LogP contribution in [0.4, 0.5) is 4.79 Å². The van der Waals surface area contributed by atoms with Gasteiger partial charge in [0.05, 0.1) is 6.04 Å². The van der Waals surface area contributed by atoms with E-state index >= 15 is 0 Å². The summed E-state index contributed by atoms with van der Waals surface area (Å²) in [7, 11) is 0. The number of hydrogen-bond acceptors (Lipinski definition) is 2. The maximum atomic E-state index is 11.6. The van der Waals surface area contributed by atoms with Gasteiger partial charge in [0.1, 0.15) is 0 Å². The lowest BCUT2D eigenvalue weighted by atomic mass is 10.1. The molecule has 19 heavy (non-hydrogen) atoms. The Morgan fingerprint density at radius 2 is 2.05 bits per heavy atom. The summed E-state index contributed by atoms with van der Waals surface area (Å²) in [5, 5.41) is 13.9. The number of urea groups is 1. The van der Waals surface area contributed by atoms with Crippen LogP contribution < -0.4 is 10.6 Å². The number of nitrogens with one attached hydrogen (secondary N) is 2. The van der Waals surface area contributed by atoms with E-state index in [4.69, 9.17) is 5.11 Å². The molecule has 0 aliphatic carbocycles. The second kappa shape index (κ2) is 7.78. The van der Waals surface area contributed by atoms with Crippen LogP contribution in [0.1, 0.15) is 31.4 Å². The Kier molecular flexibility index (Phi) is 6.35. The number of amides is 2. The standard InChI is InChI=1S/C13H17BrN2O3/c1-9(10-5-2-3-6-11(10)14)16-13(19)15-8-4-7-12(17)18/h2-3,5-6,9H,4,7-8H2,1H3,(H,17,18)(H2,15,16,19). The molecule has 0 radical (unpaired) electrons. The molecule has 1 aromatic rings. The lowest BCUT2D eigenvalue weighted by molar-refractivity contribution is -0.137. The second-order valence-corrected chi connectivity index (χ2v) is 5.00. The van der Waals surface area contributed by atoms with Crippen molar-refractivity contribution in [1.82, 2.24) is 10.6 Å². The molecule has 1 aromatic carbocycles. The molecular formula is C13H17BrN2O3. The van der Waals surface area contributed by atoms with E-state index in [1.165, 1.54) is 0 Å². The molecular weight excluding hydrogens is 312 g/mol. The zero-order chi connectivity index (χ0) is 14.3. The first-order chi connectivity index (χ1) is 9.00. The van der Waals surface area contributed by atoms with Crippen LogP contribution in [0.15, 0.2) is 28.7 Å². The van der Waals surface area contributed by atoms with Crippen molar-refractivity contribution in [3.05, 3.63) is 34.3 Å². The second-order valence-electron chi connectivity index (χ2n) is 4.14.